The molecule has 0 radical (unpaired) electrons. The number of nitrogen functional groups attached to an aromatic ring is 1. The number of pyridine rings is 1. The van der Waals surface area contributed by atoms with E-state index >= 15 is 0 Å². The summed E-state index contributed by atoms with van der Waals surface area (Å²) in [5, 5.41) is 0.672. The Morgan fingerprint density at radius 2 is 2.06 bits per heavy atom. The zero-order chi connectivity index (χ0) is 12.4. The maximum absolute atomic E-state index is 6.11. The van der Waals surface area contributed by atoms with Crippen LogP contribution in [0.4, 0.5) is 5.82 Å². The minimum atomic E-state index is 0.249. The first kappa shape index (κ1) is 12.6. The van der Waals surface area contributed by atoms with Gasteiger partial charge in [0, 0.05) is 19.6 Å². The number of morpholine rings is 1. The molecule has 0 saturated carbocycles. The third-order valence-corrected chi connectivity index (χ3v) is 3.15. The summed E-state index contributed by atoms with van der Waals surface area (Å²) >= 11 is 6.11. The number of hydrogen-bond acceptors (Lipinski definition) is 4. The Kier molecular flexibility index (Phi) is 3.86. The Bertz CT molecular complexity index is 389. The molecule has 1 aliphatic rings. The van der Waals surface area contributed by atoms with E-state index in [2.05, 4.69) is 23.7 Å². The van der Waals surface area contributed by atoms with Gasteiger partial charge in [-0.15, -0.1) is 0 Å². The average Bonchev–Trinajstić information content (AvgIpc) is 2.22. The van der Waals surface area contributed by atoms with Crippen molar-refractivity contribution in [1.29, 1.82) is 0 Å². The van der Waals surface area contributed by atoms with Gasteiger partial charge in [-0.3, -0.25) is 4.90 Å². The predicted molar refractivity (Wildman–Crippen MR) is 68.9 cm³/mol. The molecule has 4 nitrogen and oxygen atoms in total. The molecule has 1 fully saturated rings. The van der Waals surface area contributed by atoms with Crippen molar-refractivity contribution >= 4 is 17.4 Å². The van der Waals surface area contributed by atoms with Gasteiger partial charge in [-0.1, -0.05) is 11.6 Å². The summed E-state index contributed by atoms with van der Waals surface area (Å²) in [6.07, 6.45) is 0.497. The molecule has 2 heterocycles. The molecule has 1 aromatic rings. The summed E-state index contributed by atoms with van der Waals surface area (Å²) < 4.78 is 5.69. The quantitative estimate of drug-likeness (QED) is 0.877. The highest BCUT2D eigenvalue weighted by atomic mass is 35.5. The summed E-state index contributed by atoms with van der Waals surface area (Å²) in [5.41, 5.74) is 6.51. The first-order chi connectivity index (χ1) is 8.04. The SMILES string of the molecule is C[C@@H]1CN(Cc2nc(N)ccc2Cl)C[C@H](C)O1. The molecule has 0 amide bonds. The Morgan fingerprint density at radius 1 is 1.41 bits per heavy atom. The maximum atomic E-state index is 6.11. The van der Waals surface area contributed by atoms with Gasteiger partial charge in [-0.2, -0.15) is 0 Å². The molecule has 2 N–H and O–H groups in total. The van der Waals surface area contributed by atoms with Crippen molar-refractivity contribution in [2.45, 2.75) is 32.6 Å². The molecule has 94 valence electrons. The molecule has 2 rings (SSSR count). The Hall–Kier alpha value is -0.840. The minimum Gasteiger partial charge on any atom is -0.384 e. The standard InChI is InChI=1S/C12H18ClN3O/c1-8-5-16(6-9(2)17-8)7-11-10(13)3-4-12(14)15-11/h3-4,8-9H,5-7H2,1-2H3,(H2,14,15)/t8-,9+. The molecule has 0 unspecified atom stereocenters. The first-order valence-corrected chi connectivity index (χ1v) is 6.21. The van der Waals surface area contributed by atoms with Crippen LogP contribution in [0.1, 0.15) is 19.5 Å². The van der Waals surface area contributed by atoms with Crippen molar-refractivity contribution in [3.63, 3.8) is 0 Å². The van der Waals surface area contributed by atoms with Gasteiger partial charge in [0.2, 0.25) is 0 Å². The molecular formula is C12H18ClN3O. The predicted octanol–water partition coefficient (Wildman–Crippen LogP) is 1.93. The van der Waals surface area contributed by atoms with Crippen LogP contribution in [0.2, 0.25) is 5.02 Å². The van der Waals surface area contributed by atoms with Crippen molar-refractivity contribution in [3.05, 3.63) is 22.8 Å². The lowest BCUT2D eigenvalue weighted by atomic mass is 10.2. The first-order valence-electron chi connectivity index (χ1n) is 5.83. The third-order valence-electron chi connectivity index (χ3n) is 2.81. The van der Waals surface area contributed by atoms with Gasteiger partial charge in [0.15, 0.2) is 0 Å². The summed E-state index contributed by atoms with van der Waals surface area (Å²) in [6, 6.07) is 3.52. The highest BCUT2D eigenvalue weighted by Gasteiger charge is 2.23. The second-order valence-electron chi connectivity index (χ2n) is 4.62. The molecule has 1 aliphatic heterocycles. The molecule has 2 atom stereocenters. The molecular weight excluding hydrogens is 238 g/mol. The summed E-state index contributed by atoms with van der Waals surface area (Å²) in [6.45, 7) is 6.68. The van der Waals surface area contributed by atoms with E-state index in [0.717, 1.165) is 25.3 Å². The average molecular weight is 256 g/mol. The van der Waals surface area contributed by atoms with Gasteiger partial charge >= 0.3 is 0 Å². The number of ether oxygens (including phenoxy) is 1. The van der Waals surface area contributed by atoms with E-state index in [4.69, 9.17) is 22.1 Å². The lowest BCUT2D eigenvalue weighted by Crippen LogP contribution is -2.45. The van der Waals surface area contributed by atoms with Crippen LogP contribution >= 0.6 is 11.6 Å². The van der Waals surface area contributed by atoms with Gasteiger partial charge in [-0.25, -0.2) is 4.98 Å². The van der Waals surface area contributed by atoms with Gasteiger partial charge in [0.05, 0.1) is 22.9 Å². The zero-order valence-electron chi connectivity index (χ0n) is 10.2. The summed E-state index contributed by atoms with van der Waals surface area (Å²) in [4.78, 5) is 6.58. The van der Waals surface area contributed by atoms with Crippen LogP contribution in [-0.2, 0) is 11.3 Å². The van der Waals surface area contributed by atoms with Gasteiger partial charge < -0.3 is 10.5 Å². The number of nitrogens with two attached hydrogens (primary N) is 1. The molecule has 5 heteroatoms. The number of aromatic nitrogens is 1. The number of halogens is 1. The van der Waals surface area contributed by atoms with Crippen molar-refractivity contribution in [1.82, 2.24) is 9.88 Å². The van der Waals surface area contributed by atoms with Crippen LogP contribution in [0.25, 0.3) is 0 Å². The Morgan fingerprint density at radius 3 is 2.71 bits per heavy atom. The van der Waals surface area contributed by atoms with Crippen LogP contribution in [0.15, 0.2) is 12.1 Å². The topological polar surface area (TPSA) is 51.4 Å². The van der Waals surface area contributed by atoms with Crippen LogP contribution < -0.4 is 5.73 Å². The fourth-order valence-electron chi connectivity index (χ4n) is 2.24. The van der Waals surface area contributed by atoms with E-state index in [1.54, 1.807) is 12.1 Å². The van der Waals surface area contributed by atoms with Crippen LogP contribution in [0, 0.1) is 0 Å². The Balaban J connectivity index is 2.07. The van der Waals surface area contributed by atoms with E-state index in [-0.39, 0.29) is 12.2 Å². The summed E-state index contributed by atoms with van der Waals surface area (Å²) in [5.74, 6) is 0.513. The van der Waals surface area contributed by atoms with Crippen LogP contribution in [0.3, 0.4) is 0 Å². The molecule has 17 heavy (non-hydrogen) atoms. The fourth-order valence-corrected chi connectivity index (χ4v) is 2.40. The largest absolute Gasteiger partial charge is 0.384 e. The van der Waals surface area contributed by atoms with Crippen molar-refractivity contribution < 1.29 is 4.74 Å². The van der Waals surface area contributed by atoms with E-state index in [9.17, 15) is 0 Å². The summed E-state index contributed by atoms with van der Waals surface area (Å²) in [7, 11) is 0. The normalized spacial score (nSPS) is 26.1. The number of hydrogen-bond donors (Lipinski definition) is 1. The van der Waals surface area contributed by atoms with Crippen LogP contribution in [0.5, 0.6) is 0 Å². The third kappa shape index (κ3) is 3.31. The molecule has 0 spiro atoms. The molecule has 1 saturated heterocycles. The van der Waals surface area contributed by atoms with Crippen molar-refractivity contribution in [2.24, 2.45) is 0 Å². The second kappa shape index (κ2) is 5.21. The van der Waals surface area contributed by atoms with E-state index < -0.39 is 0 Å². The Labute approximate surface area is 107 Å². The highest BCUT2D eigenvalue weighted by molar-refractivity contribution is 6.31. The van der Waals surface area contributed by atoms with Gasteiger partial charge in [-0.05, 0) is 26.0 Å². The van der Waals surface area contributed by atoms with Gasteiger partial charge in [0.1, 0.15) is 5.82 Å². The molecule has 0 bridgehead atoms. The van der Waals surface area contributed by atoms with Gasteiger partial charge in [0.25, 0.3) is 0 Å². The monoisotopic (exact) mass is 255 g/mol. The molecule has 0 aromatic carbocycles. The van der Waals surface area contributed by atoms with Crippen molar-refractivity contribution in [2.75, 3.05) is 18.8 Å². The number of nitrogens with zero attached hydrogens (tertiary/aromatic N) is 2. The fraction of sp³-hybridized carbons (Fsp3) is 0.583. The van der Waals surface area contributed by atoms with E-state index in [0.29, 0.717) is 10.8 Å². The second-order valence-corrected chi connectivity index (χ2v) is 5.02. The zero-order valence-corrected chi connectivity index (χ0v) is 10.9. The number of rotatable bonds is 2. The van der Waals surface area contributed by atoms with Crippen molar-refractivity contribution in [3.8, 4) is 0 Å². The maximum Gasteiger partial charge on any atom is 0.123 e. The molecule has 1 aromatic heterocycles. The smallest absolute Gasteiger partial charge is 0.123 e. The molecule has 0 aliphatic carbocycles. The van der Waals surface area contributed by atoms with Crippen LogP contribution in [-0.4, -0.2) is 35.2 Å². The lowest BCUT2D eigenvalue weighted by Gasteiger charge is -2.35. The van der Waals surface area contributed by atoms with E-state index in [1.165, 1.54) is 0 Å². The number of anilines is 1. The highest BCUT2D eigenvalue weighted by Crippen LogP contribution is 2.19. The minimum absolute atomic E-state index is 0.249. The lowest BCUT2D eigenvalue weighted by molar-refractivity contribution is -0.0707. The van der Waals surface area contributed by atoms with E-state index in [1.807, 2.05) is 0 Å².